The second kappa shape index (κ2) is 7.44. The highest BCUT2D eigenvalue weighted by Gasteiger charge is 2.39. The summed E-state index contributed by atoms with van der Waals surface area (Å²) >= 11 is 0. The molecule has 0 aromatic heterocycles. The van der Waals surface area contributed by atoms with Crippen molar-refractivity contribution in [1.82, 2.24) is 5.32 Å². The largest absolute Gasteiger partial charge is 0.371 e. The van der Waals surface area contributed by atoms with Gasteiger partial charge in [-0.15, -0.1) is 0 Å². The molecule has 3 rings (SSSR count). The number of benzene rings is 1. The standard InChI is InChI=1S/C19H28N4O2/c1-2-19(9-6-10-21-19)18(25)22-14-7-8-15(17(20)24)16(13-14)23-11-4-3-5-12-23/h7-8,13,21H,2-6,9-12H2,1H3,(H2,20,24)(H,22,25). The van der Waals surface area contributed by atoms with Gasteiger partial charge in [0.2, 0.25) is 5.91 Å². The van der Waals surface area contributed by atoms with Gasteiger partial charge in [0.25, 0.3) is 5.91 Å². The summed E-state index contributed by atoms with van der Waals surface area (Å²) in [6.45, 7) is 4.74. The van der Waals surface area contributed by atoms with Crippen molar-refractivity contribution in [3.8, 4) is 0 Å². The van der Waals surface area contributed by atoms with Crippen LogP contribution in [0.1, 0.15) is 55.8 Å². The molecular weight excluding hydrogens is 316 g/mol. The van der Waals surface area contributed by atoms with Crippen LogP contribution in [0.5, 0.6) is 0 Å². The van der Waals surface area contributed by atoms with Crippen molar-refractivity contribution in [3.05, 3.63) is 23.8 Å². The number of anilines is 2. The number of carbonyl (C=O) groups excluding carboxylic acids is 2. The van der Waals surface area contributed by atoms with Crippen molar-refractivity contribution in [3.63, 3.8) is 0 Å². The Kier molecular flexibility index (Phi) is 5.27. The van der Waals surface area contributed by atoms with Gasteiger partial charge >= 0.3 is 0 Å². The Balaban J connectivity index is 1.84. The van der Waals surface area contributed by atoms with E-state index in [4.69, 9.17) is 5.73 Å². The summed E-state index contributed by atoms with van der Waals surface area (Å²) in [5, 5.41) is 6.39. The van der Waals surface area contributed by atoms with E-state index >= 15 is 0 Å². The average molecular weight is 344 g/mol. The summed E-state index contributed by atoms with van der Waals surface area (Å²) in [7, 11) is 0. The lowest BCUT2D eigenvalue weighted by atomic mass is 9.93. The first-order chi connectivity index (χ1) is 12.1. The minimum absolute atomic E-state index is 0.00363. The van der Waals surface area contributed by atoms with Crippen molar-refractivity contribution in [2.75, 3.05) is 29.9 Å². The van der Waals surface area contributed by atoms with Crippen LogP contribution in [0.25, 0.3) is 0 Å². The predicted molar refractivity (Wildman–Crippen MR) is 99.9 cm³/mol. The molecule has 2 saturated heterocycles. The van der Waals surface area contributed by atoms with Crippen molar-refractivity contribution in [2.45, 2.75) is 51.0 Å². The Bertz CT molecular complexity index is 647. The van der Waals surface area contributed by atoms with Gasteiger partial charge in [-0.1, -0.05) is 6.92 Å². The van der Waals surface area contributed by atoms with Crippen LogP contribution in [-0.4, -0.2) is 37.0 Å². The second-order valence-electron chi connectivity index (χ2n) is 7.06. The van der Waals surface area contributed by atoms with Crippen molar-refractivity contribution >= 4 is 23.2 Å². The number of rotatable bonds is 5. The van der Waals surface area contributed by atoms with E-state index < -0.39 is 11.4 Å². The Hall–Kier alpha value is -2.08. The van der Waals surface area contributed by atoms with E-state index in [1.54, 1.807) is 12.1 Å². The number of nitrogens with one attached hydrogen (secondary N) is 2. The number of piperidine rings is 1. The van der Waals surface area contributed by atoms with Gasteiger partial charge in [0.05, 0.1) is 16.8 Å². The molecule has 0 radical (unpaired) electrons. The molecule has 1 aromatic carbocycles. The van der Waals surface area contributed by atoms with E-state index in [-0.39, 0.29) is 5.91 Å². The third kappa shape index (κ3) is 3.63. The molecule has 0 aliphatic carbocycles. The Morgan fingerprint density at radius 2 is 2.00 bits per heavy atom. The summed E-state index contributed by atoms with van der Waals surface area (Å²) in [4.78, 5) is 26.8. The molecule has 2 aliphatic rings. The van der Waals surface area contributed by atoms with E-state index in [1.807, 2.05) is 13.0 Å². The van der Waals surface area contributed by atoms with Crippen molar-refractivity contribution < 1.29 is 9.59 Å². The summed E-state index contributed by atoms with van der Waals surface area (Å²) in [5.41, 5.74) is 7.14. The van der Waals surface area contributed by atoms with Gasteiger partial charge in [0.15, 0.2) is 0 Å². The molecule has 1 atom stereocenters. The van der Waals surface area contributed by atoms with Crippen LogP contribution in [0.2, 0.25) is 0 Å². The van der Waals surface area contributed by atoms with Crippen LogP contribution in [0.15, 0.2) is 18.2 Å². The number of primary amides is 1. The molecule has 2 fully saturated rings. The Morgan fingerprint density at radius 3 is 2.60 bits per heavy atom. The Labute approximate surface area is 149 Å². The molecule has 0 bridgehead atoms. The van der Waals surface area contributed by atoms with Gasteiger partial charge in [-0.05, 0) is 63.3 Å². The van der Waals surface area contributed by atoms with Crippen LogP contribution in [0.3, 0.4) is 0 Å². The maximum absolute atomic E-state index is 12.8. The molecular formula is C19H28N4O2. The monoisotopic (exact) mass is 344 g/mol. The van der Waals surface area contributed by atoms with E-state index in [9.17, 15) is 9.59 Å². The summed E-state index contributed by atoms with van der Waals surface area (Å²) in [5.74, 6) is -0.426. The zero-order chi connectivity index (χ0) is 17.9. The first-order valence-corrected chi connectivity index (χ1v) is 9.31. The zero-order valence-electron chi connectivity index (χ0n) is 14.9. The quantitative estimate of drug-likeness (QED) is 0.764. The van der Waals surface area contributed by atoms with E-state index in [1.165, 1.54) is 6.42 Å². The zero-order valence-corrected chi connectivity index (χ0v) is 14.9. The number of carbonyl (C=O) groups is 2. The Morgan fingerprint density at radius 1 is 1.24 bits per heavy atom. The molecule has 0 saturated carbocycles. The smallest absolute Gasteiger partial charge is 0.250 e. The number of hydrogen-bond acceptors (Lipinski definition) is 4. The van der Waals surface area contributed by atoms with Gasteiger partial charge in [-0.2, -0.15) is 0 Å². The van der Waals surface area contributed by atoms with E-state index in [0.717, 1.165) is 63.1 Å². The molecule has 25 heavy (non-hydrogen) atoms. The van der Waals surface area contributed by atoms with Crippen LogP contribution < -0.4 is 21.3 Å². The van der Waals surface area contributed by atoms with Crippen molar-refractivity contribution in [2.24, 2.45) is 5.73 Å². The minimum Gasteiger partial charge on any atom is -0.371 e. The van der Waals surface area contributed by atoms with Crippen LogP contribution >= 0.6 is 0 Å². The van der Waals surface area contributed by atoms with Gasteiger partial charge in [-0.25, -0.2) is 0 Å². The first-order valence-electron chi connectivity index (χ1n) is 9.31. The highest BCUT2D eigenvalue weighted by molar-refractivity contribution is 6.02. The fourth-order valence-electron chi connectivity index (χ4n) is 3.93. The summed E-state index contributed by atoms with van der Waals surface area (Å²) in [6, 6.07) is 5.38. The minimum atomic E-state index is -0.479. The molecule has 6 nitrogen and oxygen atoms in total. The predicted octanol–water partition coefficient (Wildman–Crippen LogP) is 2.25. The number of hydrogen-bond donors (Lipinski definition) is 3. The lowest BCUT2D eigenvalue weighted by molar-refractivity contribution is -0.122. The SMILES string of the molecule is CCC1(C(=O)Nc2ccc(C(N)=O)c(N3CCCCC3)c2)CCCN1. The number of amides is 2. The highest BCUT2D eigenvalue weighted by Crippen LogP contribution is 2.29. The summed E-state index contributed by atoms with van der Waals surface area (Å²) in [6.07, 6.45) is 6.06. The van der Waals surface area contributed by atoms with Gasteiger partial charge < -0.3 is 21.3 Å². The molecule has 2 amide bonds. The number of nitrogens with two attached hydrogens (primary N) is 1. The molecule has 1 aromatic rings. The molecule has 1 unspecified atom stereocenters. The van der Waals surface area contributed by atoms with E-state index in [2.05, 4.69) is 15.5 Å². The van der Waals surface area contributed by atoms with Crippen LogP contribution in [0, 0.1) is 0 Å². The summed E-state index contributed by atoms with van der Waals surface area (Å²) < 4.78 is 0. The molecule has 2 aliphatic heterocycles. The molecule has 0 spiro atoms. The normalized spacial score (nSPS) is 23.5. The van der Waals surface area contributed by atoms with Crippen molar-refractivity contribution in [1.29, 1.82) is 0 Å². The maximum atomic E-state index is 12.8. The lowest BCUT2D eigenvalue weighted by Crippen LogP contribution is -2.50. The fourth-order valence-corrected chi connectivity index (χ4v) is 3.93. The third-order valence-corrected chi connectivity index (χ3v) is 5.50. The van der Waals surface area contributed by atoms with Crippen LogP contribution in [-0.2, 0) is 4.79 Å². The third-order valence-electron chi connectivity index (χ3n) is 5.50. The van der Waals surface area contributed by atoms with Crippen LogP contribution in [0.4, 0.5) is 11.4 Å². The maximum Gasteiger partial charge on any atom is 0.250 e. The lowest BCUT2D eigenvalue weighted by Gasteiger charge is -2.31. The van der Waals surface area contributed by atoms with Gasteiger partial charge in [0.1, 0.15) is 0 Å². The number of nitrogens with zero attached hydrogens (tertiary/aromatic N) is 1. The molecule has 2 heterocycles. The van der Waals surface area contributed by atoms with Gasteiger partial charge in [0, 0.05) is 18.8 Å². The molecule has 4 N–H and O–H groups in total. The second-order valence-corrected chi connectivity index (χ2v) is 7.06. The molecule has 6 heteroatoms. The fraction of sp³-hybridized carbons (Fsp3) is 0.579. The topological polar surface area (TPSA) is 87.5 Å². The first kappa shape index (κ1) is 17.7. The highest BCUT2D eigenvalue weighted by atomic mass is 16.2. The average Bonchev–Trinajstić information content (AvgIpc) is 3.12. The molecule has 136 valence electrons. The van der Waals surface area contributed by atoms with E-state index in [0.29, 0.717) is 5.56 Å². The van der Waals surface area contributed by atoms with Gasteiger partial charge in [-0.3, -0.25) is 9.59 Å².